The maximum atomic E-state index is 11.9. The van der Waals surface area contributed by atoms with Crippen LogP contribution >= 0.6 is 11.3 Å². The maximum Gasteiger partial charge on any atom is 0.237 e. The third kappa shape index (κ3) is 4.43. The first kappa shape index (κ1) is 25.2. The Morgan fingerprint density at radius 1 is 1.13 bits per heavy atom. The van der Waals surface area contributed by atoms with Crippen molar-refractivity contribution in [3.63, 3.8) is 0 Å². The Labute approximate surface area is 225 Å². The van der Waals surface area contributed by atoms with Gasteiger partial charge in [-0.1, -0.05) is 0 Å². The molecule has 4 aromatic heterocycles. The van der Waals surface area contributed by atoms with Gasteiger partial charge in [0, 0.05) is 74.0 Å². The Bertz CT molecular complexity index is 1480. The molecule has 2 aliphatic heterocycles. The number of nitrogens with zero attached hydrogens (tertiary/aromatic N) is 6. The molecule has 38 heavy (non-hydrogen) atoms. The van der Waals surface area contributed by atoms with E-state index in [0.717, 1.165) is 78.3 Å². The largest absolute Gasteiger partial charge is 0.378 e. The smallest absolute Gasteiger partial charge is 0.237 e. The third-order valence-corrected chi connectivity index (χ3v) is 9.27. The van der Waals surface area contributed by atoms with Crippen LogP contribution < -0.4 is 10.6 Å². The number of morpholine rings is 1. The van der Waals surface area contributed by atoms with Gasteiger partial charge >= 0.3 is 0 Å². The van der Waals surface area contributed by atoms with E-state index >= 15 is 0 Å². The first-order valence-corrected chi connectivity index (χ1v) is 14.0. The van der Waals surface area contributed by atoms with Crippen LogP contribution in [0.15, 0.2) is 24.7 Å². The number of carbonyl (C=O) groups is 1. The van der Waals surface area contributed by atoms with Crippen molar-refractivity contribution in [1.82, 2.24) is 29.7 Å². The Morgan fingerprint density at radius 3 is 2.63 bits per heavy atom. The standard InChI is InChI=1S/C27H34N8O2S/c1-17-21(16-33-6-8-35(9-7-33)27(2,3)26(28)36)38-23-22(17)31-24(32-25(23)34-10-12-37-13-11-34)19-14-29-15-20-18(19)4-5-30-20/h4-5,14-15,30H,6-13,16H2,1-3H3,(H2,28,36). The number of nitrogens with one attached hydrogen (secondary N) is 1. The number of amides is 1. The van der Waals surface area contributed by atoms with Gasteiger partial charge in [0.25, 0.3) is 0 Å². The lowest BCUT2D eigenvalue weighted by Crippen LogP contribution is -2.59. The van der Waals surface area contributed by atoms with E-state index in [1.807, 2.05) is 32.4 Å². The molecule has 2 fully saturated rings. The molecule has 2 saturated heterocycles. The van der Waals surface area contributed by atoms with Crippen molar-refractivity contribution in [2.45, 2.75) is 32.9 Å². The Balaban J connectivity index is 1.35. The number of hydrogen-bond donors (Lipinski definition) is 2. The van der Waals surface area contributed by atoms with Gasteiger partial charge < -0.3 is 20.4 Å². The van der Waals surface area contributed by atoms with Crippen LogP contribution in [0.1, 0.15) is 24.3 Å². The molecule has 0 bridgehead atoms. The Hall–Kier alpha value is -3.12. The van der Waals surface area contributed by atoms with E-state index in [2.05, 4.69) is 37.7 Å². The first-order valence-electron chi connectivity index (χ1n) is 13.1. The summed E-state index contributed by atoms with van der Waals surface area (Å²) in [5.74, 6) is 1.40. The summed E-state index contributed by atoms with van der Waals surface area (Å²) >= 11 is 1.80. The first-order chi connectivity index (χ1) is 18.3. The number of aromatic amines is 1. The van der Waals surface area contributed by atoms with Gasteiger partial charge in [-0.05, 0) is 32.4 Å². The summed E-state index contributed by atoms with van der Waals surface area (Å²) < 4.78 is 6.77. The number of pyridine rings is 1. The number of hydrogen-bond acceptors (Lipinski definition) is 9. The number of primary amides is 1. The lowest BCUT2D eigenvalue weighted by Gasteiger charge is -2.42. The van der Waals surface area contributed by atoms with Crippen molar-refractivity contribution in [2.75, 3.05) is 57.4 Å². The SMILES string of the molecule is Cc1c(CN2CCN(C(C)(C)C(N)=O)CC2)sc2c(N3CCOCC3)nc(-c3cncc4[nH]ccc34)nc12. The zero-order chi connectivity index (χ0) is 26.4. The average molecular weight is 535 g/mol. The molecule has 200 valence electrons. The summed E-state index contributed by atoms with van der Waals surface area (Å²) in [6, 6.07) is 2.05. The number of aromatic nitrogens is 4. The zero-order valence-corrected chi connectivity index (χ0v) is 23.0. The van der Waals surface area contributed by atoms with Crippen molar-refractivity contribution in [2.24, 2.45) is 5.73 Å². The number of anilines is 1. The molecule has 10 nitrogen and oxygen atoms in total. The molecule has 4 aromatic rings. The average Bonchev–Trinajstić information content (AvgIpc) is 3.53. The number of thiophene rings is 1. The minimum Gasteiger partial charge on any atom is -0.378 e. The topological polar surface area (TPSA) is 117 Å². The molecule has 0 saturated carbocycles. The van der Waals surface area contributed by atoms with E-state index in [1.165, 1.54) is 10.4 Å². The van der Waals surface area contributed by atoms with Crippen molar-refractivity contribution in [1.29, 1.82) is 0 Å². The van der Waals surface area contributed by atoms with E-state index in [9.17, 15) is 4.79 Å². The molecule has 6 heterocycles. The van der Waals surface area contributed by atoms with Gasteiger partial charge in [0.05, 0.1) is 40.7 Å². The molecule has 2 aliphatic rings. The summed E-state index contributed by atoms with van der Waals surface area (Å²) in [7, 11) is 0. The van der Waals surface area contributed by atoms with E-state index in [1.54, 1.807) is 11.3 Å². The zero-order valence-electron chi connectivity index (χ0n) is 22.2. The van der Waals surface area contributed by atoms with Crippen LogP contribution in [0.3, 0.4) is 0 Å². The fraction of sp³-hybridized carbons (Fsp3) is 0.481. The Kier molecular flexibility index (Phi) is 6.55. The van der Waals surface area contributed by atoms with E-state index in [4.69, 9.17) is 20.4 Å². The van der Waals surface area contributed by atoms with Crippen molar-refractivity contribution in [3.05, 3.63) is 35.1 Å². The summed E-state index contributed by atoms with van der Waals surface area (Å²) in [4.78, 5) is 38.1. The molecule has 11 heteroatoms. The maximum absolute atomic E-state index is 11.9. The quantitative estimate of drug-likeness (QED) is 0.388. The molecule has 0 radical (unpaired) electrons. The number of rotatable bonds is 6. The van der Waals surface area contributed by atoms with Crippen LogP contribution in [-0.2, 0) is 16.1 Å². The van der Waals surface area contributed by atoms with Crippen LogP contribution in [0.25, 0.3) is 32.5 Å². The lowest BCUT2D eigenvalue weighted by atomic mass is 10.0. The predicted molar refractivity (Wildman–Crippen MR) is 150 cm³/mol. The second kappa shape index (κ2) is 9.88. The molecule has 0 spiro atoms. The molecule has 0 atom stereocenters. The fourth-order valence-corrected chi connectivity index (χ4v) is 6.67. The molecular formula is C27H34N8O2S. The summed E-state index contributed by atoms with van der Waals surface area (Å²) in [6.45, 7) is 13.3. The number of carbonyl (C=O) groups excluding carboxylic acids is 1. The minimum atomic E-state index is -0.629. The van der Waals surface area contributed by atoms with Crippen LogP contribution in [0.5, 0.6) is 0 Å². The fourth-order valence-electron chi connectivity index (χ4n) is 5.36. The number of fused-ring (bicyclic) bond motifs is 2. The predicted octanol–water partition coefficient (Wildman–Crippen LogP) is 2.76. The van der Waals surface area contributed by atoms with Gasteiger partial charge in [-0.15, -0.1) is 11.3 Å². The monoisotopic (exact) mass is 534 g/mol. The summed E-state index contributed by atoms with van der Waals surface area (Å²) in [6.07, 6.45) is 5.62. The molecule has 0 unspecified atom stereocenters. The van der Waals surface area contributed by atoms with Gasteiger partial charge in [-0.25, -0.2) is 9.97 Å². The van der Waals surface area contributed by atoms with Gasteiger partial charge in [-0.3, -0.25) is 19.6 Å². The summed E-state index contributed by atoms with van der Waals surface area (Å²) in [5.41, 5.74) is 9.15. The molecule has 6 rings (SSSR count). The number of piperazine rings is 1. The lowest BCUT2D eigenvalue weighted by molar-refractivity contribution is -0.129. The van der Waals surface area contributed by atoms with Crippen molar-refractivity contribution >= 4 is 44.2 Å². The normalized spacial score (nSPS) is 18.0. The second-order valence-corrected chi connectivity index (χ2v) is 11.7. The highest BCUT2D eigenvalue weighted by Gasteiger charge is 2.35. The number of H-pyrrole nitrogens is 1. The number of nitrogens with two attached hydrogens (primary N) is 1. The second-order valence-electron chi connectivity index (χ2n) is 10.6. The summed E-state index contributed by atoms with van der Waals surface area (Å²) in [5, 5.41) is 1.07. The van der Waals surface area contributed by atoms with Gasteiger partial charge in [0.2, 0.25) is 5.91 Å². The van der Waals surface area contributed by atoms with Crippen LogP contribution in [0.4, 0.5) is 5.82 Å². The van der Waals surface area contributed by atoms with E-state index in [0.29, 0.717) is 19.0 Å². The van der Waals surface area contributed by atoms with Crippen LogP contribution in [0, 0.1) is 6.92 Å². The minimum absolute atomic E-state index is 0.276. The third-order valence-electron chi connectivity index (χ3n) is 8.01. The van der Waals surface area contributed by atoms with Gasteiger partial charge in [0.1, 0.15) is 0 Å². The van der Waals surface area contributed by atoms with E-state index in [-0.39, 0.29) is 5.91 Å². The van der Waals surface area contributed by atoms with Crippen molar-refractivity contribution < 1.29 is 9.53 Å². The van der Waals surface area contributed by atoms with E-state index < -0.39 is 5.54 Å². The van der Waals surface area contributed by atoms with Gasteiger partial charge in [-0.2, -0.15) is 0 Å². The van der Waals surface area contributed by atoms with Gasteiger partial charge in [0.15, 0.2) is 11.6 Å². The molecule has 1 amide bonds. The highest BCUT2D eigenvalue weighted by Crippen LogP contribution is 2.39. The van der Waals surface area contributed by atoms with Crippen molar-refractivity contribution in [3.8, 4) is 11.4 Å². The highest BCUT2D eigenvalue weighted by atomic mass is 32.1. The molecule has 3 N–H and O–H groups in total. The molecular weight excluding hydrogens is 500 g/mol. The Morgan fingerprint density at radius 2 is 1.89 bits per heavy atom. The number of aryl methyl sites for hydroxylation is 1. The molecule has 0 aliphatic carbocycles. The molecule has 0 aromatic carbocycles. The van der Waals surface area contributed by atoms with Crippen LogP contribution in [-0.4, -0.2) is 93.7 Å². The van der Waals surface area contributed by atoms with Crippen LogP contribution in [0.2, 0.25) is 0 Å². The number of ether oxygens (including phenoxy) is 1. The highest BCUT2D eigenvalue weighted by molar-refractivity contribution is 7.19.